The van der Waals surface area contributed by atoms with Gasteiger partial charge in [0.15, 0.2) is 0 Å². The van der Waals surface area contributed by atoms with E-state index < -0.39 is 0 Å². The number of nitrogens with zero attached hydrogens (tertiary/aromatic N) is 3. The molecule has 0 saturated carbocycles. The van der Waals surface area contributed by atoms with Crippen molar-refractivity contribution in [1.29, 1.82) is 10.5 Å². The predicted molar refractivity (Wildman–Crippen MR) is 120 cm³/mol. The van der Waals surface area contributed by atoms with Crippen LogP contribution in [0.1, 0.15) is 34.3 Å². The third-order valence-corrected chi connectivity index (χ3v) is 5.16. The molecule has 8 nitrogen and oxygen atoms in total. The maximum Gasteiger partial charge on any atom is 0.257 e. The van der Waals surface area contributed by atoms with Crippen LogP contribution in [0.2, 0.25) is 0 Å². The molecular weight excluding hydrogens is 418 g/mol. The number of carbonyl (C=O) groups excluding carboxylic acids is 1. The first-order chi connectivity index (χ1) is 16.1. The van der Waals surface area contributed by atoms with Crippen LogP contribution in [0.3, 0.4) is 0 Å². The van der Waals surface area contributed by atoms with Crippen molar-refractivity contribution in [3.8, 4) is 35.4 Å². The van der Waals surface area contributed by atoms with Gasteiger partial charge in [-0.15, -0.1) is 0 Å². The Morgan fingerprint density at radius 1 is 0.879 bits per heavy atom. The second-order valence-corrected chi connectivity index (χ2v) is 7.48. The normalized spacial score (nSPS) is 13.4. The minimum absolute atomic E-state index is 0.0797. The van der Waals surface area contributed by atoms with Crippen LogP contribution in [0.5, 0.6) is 23.3 Å². The van der Waals surface area contributed by atoms with E-state index in [1.807, 2.05) is 0 Å². The monoisotopic (exact) mass is 439 g/mol. The first-order valence-corrected chi connectivity index (χ1v) is 10.5. The highest BCUT2D eigenvalue weighted by Gasteiger charge is 2.21. The number of nitrogens with one attached hydrogen (secondary N) is 2. The summed E-state index contributed by atoms with van der Waals surface area (Å²) >= 11 is 0. The summed E-state index contributed by atoms with van der Waals surface area (Å²) < 4.78 is 11.7. The molecule has 164 valence electrons. The van der Waals surface area contributed by atoms with Crippen molar-refractivity contribution in [2.75, 3.05) is 13.1 Å². The van der Waals surface area contributed by atoms with Crippen LogP contribution in [0.15, 0.2) is 60.7 Å². The fourth-order valence-electron chi connectivity index (χ4n) is 3.39. The first-order valence-electron chi connectivity index (χ1n) is 10.5. The summed E-state index contributed by atoms with van der Waals surface area (Å²) in [5, 5.41) is 24.3. The Hall–Kier alpha value is -4.40. The molecule has 0 radical (unpaired) electrons. The molecule has 0 spiro atoms. The van der Waals surface area contributed by atoms with E-state index in [9.17, 15) is 4.79 Å². The molecule has 3 aromatic rings. The molecular formula is C25H21N5O3. The SMILES string of the molecule is N#Cc1ccc(Oc2ccc(C(=O)NC3CCNCC3)c(Oc3ccc(C#N)cc3)n2)cc1. The number of rotatable bonds is 6. The lowest BCUT2D eigenvalue weighted by atomic mass is 10.1. The fraction of sp³-hybridized carbons (Fsp3) is 0.200. The maximum atomic E-state index is 13.0. The van der Waals surface area contributed by atoms with Crippen molar-refractivity contribution in [1.82, 2.24) is 15.6 Å². The maximum absolute atomic E-state index is 13.0. The van der Waals surface area contributed by atoms with Crippen molar-refractivity contribution in [3.05, 3.63) is 77.4 Å². The van der Waals surface area contributed by atoms with E-state index in [4.69, 9.17) is 20.0 Å². The number of amides is 1. The number of benzene rings is 2. The Labute approximate surface area is 191 Å². The van der Waals surface area contributed by atoms with E-state index in [1.165, 1.54) is 0 Å². The van der Waals surface area contributed by atoms with Crippen molar-refractivity contribution < 1.29 is 14.3 Å². The molecule has 0 unspecified atom stereocenters. The molecule has 0 aliphatic carbocycles. The highest BCUT2D eigenvalue weighted by atomic mass is 16.5. The molecule has 2 heterocycles. The van der Waals surface area contributed by atoms with Crippen LogP contribution >= 0.6 is 0 Å². The lowest BCUT2D eigenvalue weighted by Gasteiger charge is -2.24. The summed E-state index contributed by atoms with van der Waals surface area (Å²) in [6.07, 6.45) is 1.70. The van der Waals surface area contributed by atoms with Gasteiger partial charge in [0.2, 0.25) is 11.8 Å². The Balaban J connectivity index is 1.60. The van der Waals surface area contributed by atoms with Gasteiger partial charge in [-0.3, -0.25) is 4.79 Å². The van der Waals surface area contributed by atoms with Crippen LogP contribution in [-0.4, -0.2) is 30.0 Å². The van der Waals surface area contributed by atoms with Gasteiger partial charge in [-0.25, -0.2) is 0 Å². The summed E-state index contributed by atoms with van der Waals surface area (Å²) in [6.45, 7) is 1.71. The molecule has 33 heavy (non-hydrogen) atoms. The number of aromatic nitrogens is 1. The average molecular weight is 439 g/mol. The van der Waals surface area contributed by atoms with Crippen molar-refractivity contribution in [3.63, 3.8) is 0 Å². The minimum atomic E-state index is -0.275. The molecule has 1 aromatic heterocycles. The highest BCUT2D eigenvalue weighted by Crippen LogP contribution is 2.29. The Morgan fingerprint density at radius 2 is 1.45 bits per heavy atom. The number of carbonyl (C=O) groups is 1. The topological polar surface area (TPSA) is 120 Å². The van der Waals surface area contributed by atoms with E-state index in [0.717, 1.165) is 25.9 Å². The standard InChI is InChI=1S/C25H21N5O3/c26-15-17-1-5-20(6-2-17)32-23-10-9-22(24(31)29-19-11-13-28-14-12-19)25(30-23)33-21-7-3-18(16-27)4-8-21/h1-10,19,28H,11-14H2,(H,29,31). The lowest BCUT2D eigenvalue weighted by Crippen LogP contribution is -2.42. The molecule has 4 rings (SSSR count). The summed E-state index contributed by atoms with van der Waals surface area (Å²) in [6, 6.07) is 20.6. The third kappa shape index (κ3) is 5.65. The summed E-state index contributed by atoms with van der Waals surface area (Å²) in [4.78, 5) is 17.4. The Kier molecular flexibility index (Phi) is 6.79. The zero-order valence-electron chi connectivity index (χ0n) is 17.7. The molecule has 2 aromatic carbocycles. The zero-order valence-corrected chi connectivity index (χ0v) is 17.7. The highest BCUT2D eigenvalue weighted by molar-refractivity contribution is 5.96. The van der Waals surface area contributed by atoms with E-state index in [2.05, 4.69) is 27.8 Å². The Bertz CT molecular complexity index is 1200. The van der Waals surface area contributed by atoms with Gasteiger partial charge in [0.05, 0.1) is 23.3 Å². The van der Waals surface area contributed by atoms with Crippen molar-refractivity contribution >= 4 is 5.91 Å². The van der Waals surface area contributed by atoms with Crippen LogP contribution in [-0.2, 0) is 0 Å². The molecule has 2 N–H and O–H groups in total. The lowest BCUT2D eigenvalue weighted by molar-refractivity contribution is 0.0926. The quantitative estimate of drug-likeness (QED) is 0.598. The largest absolute Gasteiger partial charge is 0.439 e. The number of nitriles is 2. The smallest absolute Gasteiger partial charge is 0.257 e. The zero-order chi connectivity index (χ0) is 23.0. The molecule has 1 aliphatic rings. The molecule has 8 heteroatoms. The van der Waals surface area contributed by atoms with Crippen LogP contribution in [0.25, 0.3) is 0 Å². The second-order valence-electron chi connectivity index (χ2n) is 7.48. The first kappa shape index (κ1) is 21.8. The van der Waals surface area contributed by atoms with Crippen LogP contribution < -0.4 is 20.1 Å². The van der Waals surface area contributed by atoms with E-state index in [0.29, 0.717) is 22.6 Å². The van der Waals surface area contributed by atoms with Gasteiger partial charge in [-0.2, -0.15) is 15.5 Å². The number of hydrogen-bond acceptors (Lipinski definition) is 7. The number of piperidine rings is 1. The van der Waals surface area contributed by atoms with E-state index >= 15 is 0 Å². The number of ether oxygens (including phenoxy) is 2. The van der Waals surface area contributed by atoms with Gasteiger partial charge in [0.25, 0.3) is 5.91 Å². The van der Waals surface area contributed by atoms with E-state index in [-0.39, 0.29) is 29.3 Å². The number of pyridine rings is 1. The molecule has 1 aliphatic heterocycles. The van der Waals surface area contributed by atoms with Crippen molar-refractivity contribution in [2.24, 2.45) is 0 Å². The molecule has 0 atom stereocenters. The molecule has 1 amide bonds. The van der Waals surface area contributed by atoms with Gasteiger partial charge in [0.1, 0.15) is 17.1 Å². The van der Waals surface area contributed by atoms with Gasteiger partial charge in [-0.1, -0.05) is 0 Å². The fourth-order valence-corrected chi connectivity index (χ4v) is 3.39. The molecule has 1 fully saturated rings. The summed E-state index contributed by atoms with van der Waals surface area (Å²) in [7, 11) is 0. The Morgan fingerprint density at radius 3 is 2.03 bits per heavy atom. The van der Waals surface area contributed by atoms with E-state index in [1.54, 1.807) is 60.7 Å². The minimum Gasteiger partial charge on any atom is -0.439 e. The number of hydrogen-bond donors (Lipinski definition) is 2. The van der Waals surface area contributed by atoms with Gasteiger partial charge < -0.3 is 20.1 Å². The summed E-state index contributed by atoms with van der Waals surface area (Å²) in [5.74, 6) is 0.993. The third-order valence-electron chi connectivity index (χ3n) is 5.16. The van der Waals surface area contributed by atoms with Gasteiger partial charge >= 0.3 is 0 Å². The summed E-state index contributed by atoms with van der Waals surface area (Å²) in [5.41, 5.74) is 1.30. The molecule has 0 bridgehead atoms. The molecule has 1 saturated heterocycles. The van der Waals surface area contributed by atoms with Crippen molar-refractivity contribution in [2.45, 2.75) is 18.9 Å². The average Bonchev–Trinajstić information content (AvgIpc) is 2.86. The second kappa shape index (κ2) is 10.3. The predicted octanol–water partition coefficient (Wildman–Crippen LogP) is 3.89. The van der Waals surface area contributed by atoms with Gasteiger partial charge in [-0.05, 0) is 80.5 Å². The van der Waals surface area contributed by atoms with Gasteiger partial charge in [0, 0.05) is 12.1 Å². The van der Waals surface area contributed by atoms with Crippen LogP contribution in [0, 0.1) is 22.7 Å². The van der Waals surface area contributed by atoms with Crippen LogP contribution in [0.4, 0.5) is 0 Å².